The number of nitrogens with zero attached hydrogens (tertiary/aromatic N) is 2. The summed E-state index contributed by atoms with van der Waals surface area (Å²) in [5, 5.41) is 0. The minimum atomic E-state index is 0.168. The van der Waals surface area contributed by atoms with E-state index in [1.54, 1.807) is 0 Å². The highest BCUT2D eigenvalue weighted by Gasteiger charge is 2.35. The molecule has 1 aliphatic heterocycles. The molecule has 0 radical (unpaired) electrons. The molecule has 1 aliphatic rings. The molecule has 0 saturated carbocycles. The average molecular weight is 241 g/mol. The Bertz CT molecular complexity index is 222. The quantitative estimate of drug-likeness (QED) is 0.796. The van der Waals surface area contributed by atoms with Crippen molar-refractivity contribution in [1.82, 2.24) is 9.80 Å². The van der Waals surface area contributed by atoms with Crippen LogP contribution in [-0.2, 0) is 0 Å². The molecule has 1 heterocycles. The summed E-state index contributed by atoms with van der Waals surface area (Å²) in [6.45, 7) is 17.0. The van der Waals surface area contributed by atoms with Crippen LogP contribution in [0, 0.1) is 5.92 Å². The molecule has 1 saturated heterocycles. The summed E-state index contributed by atoms with van der Waals surface area (Å²) in [5.74, 6) is 0.614. The molecule has 0 aromatic heterocycles. The van der Waals surface area contributed by atoms with Gasteiger partial charge in [0, 0.05) is 44.3 Å². The molecule has 2 atom stereocenters. The zero-order valence-electron chi connectivity index (χ0n) is 12.4. The number of nitrogens with two attached hydrogens (primary N) is 1. The van der Waals surface area contributed by atoms with E-state index < -0.39 is 0 Å². The van der Waals surface area contributed by atoms with Crippen molar-refractivity contribution in [2.75, 3.05) is 32.7 Å². The van der Waals surface area contributed by atoms with Gasteiger partial charge in [-0.2, -0.15) is 0 Å². The molecule has 0 aromatic carbocycles. The molecule has 0 aromatic rings. The van der Waals surface area contributed by atoms with Crippen molar-refractivity contribution in [3.63, 3.8) is 0 Å². The number of hydrogen-bond acceptors (Lipinski definition) is 3. The lowest BCUT2D eigenvalue weighted by Gasteiger charge is -2.48. The van der Waals surface area contributed by atoms with Crippen molar-refractivity contribution in [3.05, 3.63) is 0 Å². The van der Waals surface area contributed by atoms with Gasteiger partial charge < -0.3 is 5.73 Å². The van der Waals surface area contributed by atoms with Gasteiger partial charge in [-0.1, -0.05) is 20.8 Å². The fourth-order valence-electron chi connectivity index (χ4n) is 2.66. The normalized spacial score (nSPS) is 24.9. The lowest BCUT2D eigenvalue weighted by molar-refractivity contribution is 0.00825. The Hall–Kier alpha value is -0.120. The lowest BCUT2D eigenvalue weighted by atomic mass is 9.86. The average Bonchev–Trinajstić information content (AvgIpc) is 2.36. The first-order valence-electron chi connectivity index (χ1n) is 7.14. The van der Waals surface area contributed by atoms with E-state index in [4.69, 9.17) is 5.73 Å². The van der Waals surface area contributed by atoms with Crippen LogP contribution in [0.25, 0.3) is 0 Å². The van der Waals surface area contributed by atoms with E-state index in [1.807, 2.05) is 0 Å². The van der Waals surface area contributed by atoms with E-state index in [1.165, 1.54) is 19.5 Å². The Labute approximate surface area is 107 Å². The standard InChI is InChI=1S/C14H31N3/c1-6-13(4)16-7-9-17(10-8-16)14(5,11-15)12(2)3/h12-13H,6-11,15H2,1-5H3. The molecule has 0 bridgehead atoms. The highest BCUT2D eigenvalue weighted by atomic mass is 15.3. The van der Waals surface area contributed by atoms with Gasteiger partial charge in [-0.25, -0.2) is 0 Å². The SMILES string of the molecule is CCC(C)N1CCN(C(C)(CN)C(C)C)CC1. The van der Waals surface area contributed by atoms with E-state index >= 15 is 0 Å². The second-order valence-corrected chi connectivity index (χ2v) is 6.00. The van der Waals surface area contributed by atoms with E-state index in [2.05, 4.69) is 44.4 Å². The van der Waals surface area contributed by atoms with Crippen LogP contribution >= 0.6 is 0 Å². The Kier molecular flexibility index (Phi) is 5.42. The Morgan fingerprint density at radius 3 is 2.00 bits per heavy atom. The molecule has 17 heavy (non-hydrogen) atoms. The third kappa shape index (κ3) is 3.21. The topological polar surface area (TPSA) is 32.5 Å². The van der Waals surface area contributed by atoms with Crippen molar-refractivity contribution >= 4 is 0 Å². The number of hydrogen-bond donors (Lipinski definition) is 1. The fraction of sp³-hybridized carbons (Fsp3) is 1.00. The van der Waals surface area contributed by atoms with Crippen molar-refractivity contribution in [3.8, 4) is 0 Å². The van der Waals surface area contributed by atoms with Crippen LogP contribution in [0.2, 0.25) is 0 Å². The van der Waals surface area contributed by atoms with Crippen molar-refractivity contribution in [2.45, 2.75) is 52.6 Å². The van der Waals surface area contributed by atoms with Gasteiger partial charge in [0.15, 0.2) is 0 Å². The maximum atomic E-state index is 6.00. The monoisotopic (exact) mass is 241 g/mol. The minimum Gasteiger partial charge on any atom is -0.329 e. The third-order valence-corrected chi connectivity index (χ3v) is 4.91. The Morgan fingerprint density at radius 1 is 1.12 bits per heavy atom. The van der Waals surface area contributed by atoms with E-state index in [-0.39, 0.29) is 5.54 Å². The molecule has 0 aliphatic carbocycles. The van der Waals surface area contributed by atoms with E-state index in [9.17, 15) is 0 Å². The zero-order chi connectivity index (χ0) is 13.1. The summed E-state index contributed by atoms with van der Waals surface area (Å²) in [7, 11) is 0. The molecule has 1 fully saturated rings. The highest BCUT2D eigenvalue weighted by Crippen LogP contribution is 2.25. The second-order valence-electron chi connectivity index (χ2n) is 6.00. The molecule has 102 valence electrons. The molecule has 3 heteroatoms. The first kappa shape index (κ1) is 14.9. The van der Waals surface area contributed by atoms with Crippen molar-refractivity contribution in [2.24, 2.45) is 11.7 Å². The fourth-order valence-corrected chi connectivity index (χ4v) is 2.66. The van der Waals surface area contributed by atoms with Crippen molar-refractivity contribution < 1.29 is 0 Å². The first-order valence-corrected chi connectivity index (χ1v) is 7.14. The van der Waals surface area contributed by atoms with Gasteiger partial charge >= 0.3 is 0 Å². The minimum absolute atomic E-state index is 0.168. The summed E-state index contributed by atoms with van der Waals surface area (Å²) in [5.41, 5.74) is 6.17. The predicted octanol–water partition coefficient (Wildman–Crippen LogP) is 1.78. The van der Waals surface area contributed by atoms with Gasteiger partial charge in [0.2, 0.25) is 0 Å². The lowest BCUT2D eigenvalue weighted by Crippen LogP contribution is -2.61. The predicted molar refractivity (Wildman–Crippen MR) is 75.2 cm³/mol. The first-order chi connectivity index (χ1) is 7.95. The van der Waals surface area contributed by atoms with E-state index in [0.29, 0.717) is 5.92 Å². The number of rotatable bonds is 5. The maximum Gasteiger partial charge on any atom is 0.0327 e. The van der Waals surface area contributed by atoms with Crippen LogP contribution in [0.4, 0.5) is 0 Å². The second kappa shape index (κ2) is 6.17. The van der Waals surface area contributed by atoms with Crippen LogP contribution < -0.4 is 5.73 Å². The molecular weight excluding hydrogens is 210 g/mol. The van der Waals surface area contributed by atoms with Gasteiger partial charge in [-0.05, 0) is 26.2 Å². The summed E-state index contributed by atoms with van der Waals surface area (Å²) in [6, 6.07) is 0.723. The van der Waals surface area contributed by atoms with Gasteiger partial charge in [0.25, 0.3) is 0 Å². The Balaban J connectivity index is 2.56. The summed E-state index contributed by atoms with van der Waals surface area (Å²) >= 11 is 0. The largest absolute Gasteiger partial charge is 0.329 e. The van der Waals surface area contributed by atoms with E-state index in [0.717, 1.165) is 25.7 Å². The molecule has 0 spiro atoms. The van der Waals surface area contributed by atoms with Crippen LogP contribution in [-0.4, -0.2) is 54.1 Å². The van der Waals surface area contributed by atoms with Crippen LogP contribution in [0.3, 0.4) is 0 Å². The van der Waals surface area contributed by atoms with Gasteiger partial charge in [0.1, 0.15) is 0 Å². The molecule has 1 rings (SSSR count). The van der Waals surface area contributed by atoms with Crippen LogP contribution in [0.15, 0.2) is 0 Å². The van der Waals surface area contributed by atoms with Gasteiger partial charge in [0.05, 0.1) is 0 Å². The zero-order valence-corrected chi connectivity index (χ0v) is 12.4. The highest BCUT2D eigenvalue weighted by molar-refractivity contribution is 4.93. The summed E-state index contributed by atoms with van der Waals surface area (Å²) in [4.78, 5) is 5.20. The summed E-state index contributed by atoms with van der Waals surface area (Å²) in [6.07, 6.45) is 1.25. The van der Waals surface area contributed by atoms with Crippen LogP contribution in [0.1, 0.15) is 41.0 Å². The maximum absolute atomic E-state index is 6.00. The Morgan fingerprint density at radius 2 is 1.65 bits per heavy atom. The summed E-state index contributed by atoms with van der Waals surface area (Å²) < 4.78 is 0. The van der Waals surface area contributed by atoms with Gasteiger partial charge in [-0.3, -0.25) is 9.80 Å². The van der Waals surface area contributed by atoms with Gasteiger partial charge in [-0.15, -0.1) is 0 Å². The molecule has 0 amide bonds. The smallest absolute Gasteiger partial charge is 0.0327 e. The van der Waals surface area contributed by atoms with Crippen molar-refractivity contribution in [1.29, 1.82) is 0 Å². The van der Waals surface area contributed by atoms with Crippen LogP contribution in [0.5, 0.6) is 0 Å². The third-order valence-electron chi connectivity index (χ3n) is 4.91. The number of piperazine rings is 1. The molecule has 2 N–H and O–H groups in total. The molecule has 3 nitrogen and oxygen atoms in total. The molecular formula is C14H31N3. The molecule has 2 unspecified atom stereocenters.